The van der Waals surface area contributed by atoms with Gasteiger partial charge in [0.15, 0.2) is 11.6 Å². The maximum atomic E-state index is 13.0. The van der Waals surface area contributed by atoms with Gasteiger partial charge in [-0.2, -0.15) is 10.2 Å². The minimum atomic E-state index is -0.761. The van der Waals surface area contributed by atoms with E-state index in [1.807, 2.05) is 31.2 Å². The van der Waals surface area contributed by atoms with Crippen LogP contribution in [0.2, 0.25) is 0 Å². The molecule has 0 spiro atoms. The maximum absolute atomic E-state index is 13.0. The number of nitrogens with zero attached hydrogens (tertiary/aromatic N) is 3. The molecule has 2 heterocycles. The highest BCUT2D eigenvalue weighted by molar-refractivity contribution is 5.92. The van der Waals surface area contributed by atoms with Crippen LogP contribution >= 0.6 is 0 Å². The van der Waals surface area contributed by atoms with Crippen LogP contribution in [-0.2, 0) is 4.79 Å². The van der Waals surface area contributed by atoms with Crippen molar-refractivity contribution in [2.75, 3.05) is 5.32 Å². The fourth-order valence-electron chi connectivity index (χ4n) is 3.72. The van der Waals surface area contributed by atoms with Crippen molar-refractivity contribution in [2.45, 2.75) is 38.6 Å². The number of rotatable bonds is 4. The molecule has 3 N–H and O–H groups in total. The molecule has 1 fully saturated rings. The van der Waals surface area contributed by atoms with E-state index in [0.29, 0.717) is 42.7 Å². The number of carboxylic acid groups (broad SMARTS) is 1. The topological polar surface area (TPSA) is 113 Å². The number of carbonyl (C=O) groups is 1. The standard InChI is InChI=1S/C19H21N5O3/c1-11-10-16(22-21-11)20-17-14-4-2-3-5-15(14)18(25)24(23-17)13-8-6-12(7-9-13)19(26)27/h2-5,10,12-13H,6-9H2,1H3,(H,26,27)(H2,20,21,22,23). The number of benzene rings is 1. The van der Waals surface area contributed by atoms with E-state index in [-0.39, 0.29) is 17.5 Å². The summed E-state index contributed by atoms with van der Waals surface area (Å²) in [6.07, 6.45) is 2.37. The molecule has 0 bridgehead atoms. The average Bonchev–Trinajstić information content (AvgIpc) is 3.09. The molecule has 0 unspecified atom stereocenters. The van der Waals surface area contributed by atoms with Crippen molar-refractivity contribution in [3.63, 3.8) is 0 Å². The van der Waals surface area contributed by atoms with Crippen molar-refractivity contribution in [3.8, 4) is 0 Å². The van der Waals surface area contributed by atoms with Crippen molar-refractivity contribution >= 4 is 28.4 Å². The Morgan fingerprint density at radius 2 is 1.93 bits per heavy atom. The van der Waals surface area contributed by atoms with Gasteiger partial charge in [-0.25, -0.2) is 4.68 Å². The van der Waals surface area contributed by atoms with E-state index in [1.54, 1.807) is 6.07 Å². The molecule has 1 aliphatic carbocycles. The Hall–Kier alpha value is -3.16. The van der Waals surface area contributed by atoms with Gasteiger partial charge in [-0.15, -0.1) is 0 Å². The smallest absolute Gasteiger partial charge is 0.306 e. The van der Waals surface area contributed by atoms with Crippen LogP contribution in [0, 0.1) is 12.8 Å². The normalized spacial score (nSPS) is 19.9. The van der Waals surface area contributed by atoms with Crippen molar-refractivity contribution < 1.29 is 9.90 Å². The molecule has 0 amide bonds. The Morgan fingerprint density at radius 1 is 1.22 bits per heavy atom. The van der Waals surface area contributed by atoms with Gasteiger partial charge in [0.2, 0.25) is 0 Å². The second-order valence-electron chi connectivity index (χ2n) is 7.05. The van der Waals surface area contributed by atoms with Gasteiger partial charge in [0, 0.05) is 17.1 Å². The number of fused-ring (bicyclic) bond motifs is 1. The van der Waals surface area contributed by atoms with Crippen LogP contribution in [0.15, 0.2) is 35.1 Å². The number of anilines is 2. The van der Waals surface area contributed by atoms with E-state index in [1.165, 1.54) is 4.68 Å². The maximum Gasteiger partial charge on any atom is 0.306 e. The number of aliphatic carboxylic acids is 1. The Kier molecular flexibility index (Phi) is 4.39. The highest BCUT2D eigenvalue weighted by Gasteiger charge is 2.28. The van der Waals surface area contributed by atoms with Gasteiger partial charge in [0.05, 0.1) is 17.3 Å². The summed E-state index contributed by atoms with van der Waals surface area (Å²) in [6, 6.07) is 9.12. The zero-order valence-electron chi connectivity index (χ0n) is 15.0. The molecule has 0 aliphatic heterocycles. The fourth-order valence-corrected chi connectivity index (χ4v) is 3.72. The number of aryl methyl sites for hydroxylation is 1. The number of aromatic amines is 1. The number of H-pyrrole nitrogens is 1. The quantitative estimate of drug-likeness (QED) is 0.653. The molecule has 140 valence electrons. The molecule has 3 aromatic rings. The summed E-state index contributed by atoms with van der Waals surface area (Å²) < 4.78 is 1.52. The SMILES string of the molecule is Cc1cc(Nc2nn(C3CCC(C(=O)O)CC3)c(=O)c3ccccc23)n[nH]1. The van der Waals surface area contributed by atoms with Gasteiger partial charge in [0.1, 0.15) is 0 Å². The monoisotopic (exact) mass is 367 g/mol. The van der Waals surface area contributed by atoms with E-state index >= 15 is 0 Å². The Labute approximate surface area is 155 Å². The van der Waals surface area contributed by atoms with Crippen LogP contribution < -0.4 is 10.9 Å². The number of nitrogens with one attached hydrogen (secondary N) is 2. The average molecular weight is 367 g/mol. The summed E-state index contributed by atoms with van der Waals surface area (Å²) in [5.41, 5.74) is 0.773. The minimum Gasteiger partial charge on any atom is -0.481 e. The van der Waals surface area contributed by atoms with Crippen molar-refractivity contribution in [1.29, 1.82) is 0 Å². The molecule has 2 aromatic heterocycles. The van der Waals surface area contributed by atoms with Gasteiger partial charge in [-0.05, 0) is 38.7 Å². The van der Waals surface area contributed by atoms with Gasteiger partial charge < -0.3 is 10.4 Å². The second kappa shape index (κ2) is 6.86. The lowest BCUT2D eigenvalue weighted by Crippen LogP contribution is -2.32. The van der Waals surface area contributed by atoms with Crippen LogP contribution in [-0.4, -0.2) is 31.1 Å². The van der Waals surface area contributed by atoms with Gasteiger partial charge >= 0.3 is 5.97 Å². The largest absolute Gasteiger partial charge is 0.481 e. The van der Waals surface area contributed by atoms with Gasteiger partial charge in [0.25, 0.3) is 5.56 Å². The predicted molar refractivity (Wildman–Crippen MR) is 101 cm³/mol. The molecular weight excluding hydrogens is 346 g/mol. The molecule has 0 saturated heterocycles. The molecule has 0 radical (unpaired) electrons. The lowest BCUT2D eigenvalue weighted by Gasteiger charge is -2.27. The summed E-state index contributed by atoms with van der Waals surface area (Å²) in [5, 5.41) is 25.4. The number of aromatic nitrogens is 4. The number of carboxylic acids is 1. The molecule has 1 aliphatic rings. The lowest BCUT2D eigenvalue weighted by molar-refractivity contribution is -0.143. The third-order valence-electron chi connectivity index (χ3n) is 5.17. The molecule has 1 saturated carbocycles. The van der Waals surface area contributed by atoms with Gasteiger partial charge in [-0.3, -0.25) is 14.7 Å². The highest BCUT2D eigenvalue weighted by Crippen LogP contribution is 2.32. The Balaban J connectivity index is 1.74. The molecule has 1 aromatic carbocycles. The second-order valence-corrected chi connectivity index (χ2v) is 7.05. The van der Waals surface area contributed by atoms with Crippen LogP contribution in [0.3, 0.4) is 0 Å². The van der Waals surface area contributed by atoms with Crippen LogP contribution in [0.25, 0.3) is 10.8 Å². The van der Waals surface area contributed by atoms with Crippen molar-refractivity contribution in [1.82, 2.24) is 20.0 Å². The first kappa shape index (κ1) is 17.3. The fraction of sp³-hybridized carbons (Fsp3) is 0.368. The summed E-state index contributed by atoms with van der Waals surface area (Å²) >= 11 is 0. The summed E-state index contributed by atoms with van der Waals surface area (Å²) in [6.45, 7) is 1.91. The summed E-state index contributed by atoms with van der Waals surface area (Å²) in [5.74, 6) is 0.104. The first-order valence-electron chi connectivity index (χ1n) is 9.06. The molecule has 4 rings (SSSR count). The van der Waals surface area contributed by atoms with E-state index in [2.05, 4.69) is 20.6 Å². The summed E-state index contributed by atoms with van der Waals surface area (Å²) in [7, 11) is 0. The Morgan fingerprint density at radius 3 is 2.56 bits per heavy atom. The lowest BCUT2D eigenvalue weighted by atomic mass is 9.86. The van der Waals surface area contributed by atoms with E-state index in [4.69, 9.17) is 0 Å². The molecule has 8 nitrogen and oxygen atoms in total. The molecular formula is C19H21N5O3. The van der Waals surface area contributed by atoms with E-state index in [0.717, 1.165) is 11.1 Å². The minimum absolute atomic E-state index is 0.0980. The number of hydrogen-bond acceptors (Lipinski definition) is 5. The van der Waals surface area contributed by atoms with Crippen molar-refractivity contribution in [2.24, 2.45) is 5.92 Å². The zero-order valence-corrected chi connectivity index (χ0v) is 15.0. The van der Waals surface area contributed by atoms with Crippen molar-refractivity contribution in [3.05, 3.63) is 46.4 Å². The highest BCUT2D eigenvalue weighted by atomic mass is 16.4. The van der Waals surface area contributed by atoms with E-state index < -0.39 is 5.97 Å². The predicted octanol–water partition coefficient (Wildman–Crippen LogP) is 2.99. The Bertz CT molecular complexity index is 1050. The third-order valence-corrected chi connectivity index (χ3v) is 5.17. The molecule has 27 heavy (non-hydrogen) atoms. The molecule has 0 atom stereocenters. The van der Waals surface area contributed by atoms with Gasteiger partial charge in [-0.1, -0.05) is 18.2 Å². The van der Waals surface area contributed by atoms with Crippen LogP contribution in [0.1, 0.15) is 37.4 Å². The van der Waals surface area contributed by atoms with Crippen LogP contribution in [0.4, 0.5) is 11.6 Å². The third kappa shape index (κ3) is 3.30. The first-order chi connectivity index (χ1) is 13.0. The molecule has 8 heteroatoms. The van der Waals surface area contributed by atoms with E-state index in [9.17, 15) is 14.7 Å². The van der Waals surface area contributed by atoms with Crippen LogP contribution in [0.5, 0.6) is 0 Å². The summed E-state index contributed by atoms with van der Waals surface area (Å²) in [4.78, 5) is 24.2. The number of hydrogen-bond donors (Lipinski definition) is 3. The first-order valence-corrected chi connectivity index (χ1v) is 9.06. The zero-order chi connectivity index (χ0) is 19.0.